The van der Waals surface area contributed by atoms with Crippen molar-refractivity contribution in [3.8, 4) is 0 Å². The summed E-state index contributed by atoms with van der Waals surface area (Å²) in [6, 6.07) is 0. The van der Waals surface area contributed by atoms with E-state index in [0.717, 1.165) is 25.7 Å². The number of ketones is 2. The molecular formula is C17H22O4. The van der Waals surface area contributed by atoms with Crippen molar-refractivity contribution < 1.29 is 19.1 Å². The second-order valence-corrected chi connectivity index (χ2v) is 5.03. The highest BCUT2D eigenvalue weighted by Gasteiger charge is 2.19. The zero-order chi connectivity index (χ0) is 15.5. The highest BCUT2D eigenvalue weighted by Crippen LogP contribution is 2.25. The van der Waals surface area contributed by atoms with Crippen LogP contribution in [0.1, 0.15) is 38.5 Å². The molecule has 0 N–H and O–H groups in total. The molecule has 0 aromatic heterocycles. The highest BCUT2D eigenvalue weighted by atomic mass is 16.5. The van der Waals surface area contributed by atoms with E-state index in [2.05, 4.69) is 4.74 Å². The Kier molecular flexibility index (Phi) is 8.02. The van der Waals surface area contributed by atoms with Gasteiger partial charge >= 0.3 is 5.97 Å². The fourth-order valence-electron chi connectivity index (χ4n) is 2.20. The molecule has 0 atom stereocenters. The third-order valence-corrected chi connectivity index (χ3v) is 3.44. The monoisotopic (exact) mass is 290 g/mol. The van der Waals surface area contributed by atoms with E-state index in [1.807, 2.05) is 0 Å². The Morgan fingerprint density at radius 3 is 2.19 bits per heavy atom. The van der Waals surface area contributed by atoms with Crippen LogP contribution in [-0.2, 0) is 19.1 Å². The number of carbonyl (C=O) groups excluding carboxylic acids is 3. The average molecular weight is 290 g/mol. The molecule has 1 aliphatic carbocycles. The standard InChI is InChI=1S/C17H22O4/c1-21-17(20)13-12-15(18)10-4-2-3-5-11-16(19)14-8-6-7-9-14/h2-5,10-11,14H,6-9,12-13H2,1H3/b3-2+,10-4+,11-5+. The van der Waals surface area contributed by atoms with Crippen LogP contribution < -0.4 is 0 Å². The Labute approximate surface area is 125 Å². The summed E-state index contributed by atoms with van der Waals surface area (Å²) in [5, 5.41) is 0. The topological polar surface area (TPSA) is 60.4 Å². The molecule has 1 fully saturated rings. The molecule has 21 heavy (non-hydrogen) atoms. The number of rotatable bonds is 8. The van der Waals surface area contributed by atoms with Crippen molar-refractivity contribution >= 4 is 17.5 Å². The first kappa shape index (κ1) is 17.1. The van der Waals surface area contributed by atoms with Crippen LogP contribution in [0, 0.1) is 5.92 Å². The summed E-state index contributed by atoms with van der Waals surface area (Å²) in [6.45, 7) is 0. The van der Waals surface area contributed by atoms with Gasteiger partial charge in [-0.15, -0.1) is 0 Å². The zero-order valence-corrected chi connectivity index (χ0v) is 12.4. The number of ether oxygens (including phenoxy) is 1. The summed E-state index contributed by atoms with van der Waals surface area (Å²) in [5.41, 5.74) is 0. The van der Waals surface area contributed by atoms with Crippen molar-refractivity contribution in [3.63, 3.8) is 0 Å². The lowest BCUT2D eigenvalue weighted by Crippen LogP contribution is -2.06. The van der Waals surface area contributed by atoms with Crippen molar-refractivity contribution in [2.75, 3.05) is 7.11 Å². The van der Waals surface area contributed by atoms with Crippen molar-refractivity contribution in [1.29, 1.82) is 0 Å². The summed E-state index contributed by atoms with van der Waals surface area (Å²) in [5.74, 6) is -0.128. The average Bonchev–Trinajstić information content (AvgIpc) is 3.02. The maximum absolute atomic E-state index is 11.7. The van der Waals surface area contributed by atoms with Crippen LogP contribution >= 0.6 is 0 Å². The molecule has 0 bridgehead atoms. The SMILES string of the molecule is COC(=O)CCC(=O)/C=C/C=C/C=C/C(=O)C1CCCC1. The Balaban J connectivity index is 2.23. The molecule has 1 saturated carbocycles. The number of carbonyl (C=O) groups is 3. The molecule has 0 amide bonds. The number of hydrogen-bond acceptors (Lipinski definition) is 4. The van der Waals surface area contributed by atoms with E-state index in [0.29, 0.717) is 0 Å². The molecule has 0 unspecified atom stereocenters. The first-order chi connectivity index (χ1) is 10.1. The minimum Gasteiger partial charge on any atom is -0.469 e. The summed E-state index contributed by atoms with van der Waals surface area (Å²) >= 11 is 0. The minimum absolute atomic E-state index is 0.0964. The molecular weight excluding hydrogens is 268 g/mol. The van der Waals surface area contributed by atoms with Crippen LogP contribution in [0.2, 0.25) is 0 Å². The van der Waals surface area contributed by atoms with Crippen molar-refractivity contribution in [2.45, 2.75) is 38.5 Å². The highest BCUT2D eigenvalue weighted by molar-refractivity contribution is 5.92. The quantitative estimate of drug-likeness (QED) is 0.392. The normalized spacial score (nSPS) is 16.2. The molecule has 0 aliphatic heterocycles. The summed E-state index contributed by atoms with van der Waals surface area (Å²) in [7, 11) is 1.30. The van der Waals surface area contributed by atoms with Gasteiger partial charge in [-0.1, -0.05) is 37.1 Å². The van der Waals surface area contributed by atoms with Gasteiger partial charge < -0.3 is 4.74 Å². The number of allylic oxidation sites excluding steroid dienone is 6. The molecule has 0 aromatic rings. The van der Waals surface area contributed by atoms with E-state index < -0.39 is 0 Å². The van der Waals surface area contributed by atoms with Crippen LogP contribution in [0.25, 0.3) is 0 Å². The molecule has 4 nitrogen and oxygen atoms in total. The molecule has 114 valence electrons. The van der Waals surface area contributed by atoms with Crippen LogP contribution in [-0.4, -0.2) is 24.6 Å². The Morgan fingerprint density at radius 2 is 1.57 bits per heavy atom. The van der Waals surface area contributed by atoms with Crippen LogP contribution in [0.4, 0.5) is 0 Å². The lowest BCUT2D eigenvalue weighted by atomic mass is 10.0. The second-order valence-electron chi connectivity index (χ2n) is 5.03. The predicted octanol–water partition coefficient (Wildman–Crippen LogP) is 2.94. The summed E-state index contributed by atoms with van der Waals surface area (Å²) in [6.07, 6.45) is 14.3. The molecule has 0 saturated heterocycles. The Bertz CT molecular complexity index is 451. The Morgan fingerprint density at radius 1 is 0.952 bits per heavy atom. The summed E-state index contributed by atoms with van der Waals surface area (Å²) in [4.78, 5) is 34.0. The maximum Gasteiger partial charge on any atom is 0.305 e. The summed E-state index contributed by atoms with van der Waals surface area (Å²) < 4.78 is 4.45. The predicted molar refractivity (Wildman–Crippen MR) is 80.6 cm³/mol. The van der Waals surface area contributed by atoms with Crippen molar-refractivity contribution in [2.24, 2.45) is 5.92 Å². The Hall–Kier alpha value is -1.97. The maximum atomic E-state index is 11.7. The van der Waals surface area contributed by atoms with Gasteiger partial charge in [0.1, 0.15) is 0 Å². The molecule has 0 heterocycles. The van der Waals surface area contributed by atoms with Gasteiger partial charge in [-0.25, -0.2) is 0 Å². The van der Waals surface area contributed by atoms with Gasteiger partial charge in [0.05, 0.1) is 13.5 Å². The van der Waals surface area contributed by atoms with Crippen LogP contribution in [0.15, 0.2) is 36.5 Å². The van der Waals surface area contributed by atoms with Crippen molar-refractivity contribution in [3.05, 3.63) is 36.5 Å². The molecule has 1 aliphatic rings. The first-order valence-electron chi connectivity index (χ1n) is 7.28. The molecule has 0 spiro atoms. The van der Waals surface area contributed by atoms with E-state index in [9.17, 15) is 14.4 Å². The minimum atomic E-state index is -0.388. The van der Waals surface area contributed by atoms with E-state index in [1.165, 1.54) is 13.2 Å². The van der Waals surface area contributed by atoms with E-state index >= 15 is 0 Å². The fourth-order valence-corrected chi connectivity index (χ4v) is 2.20. The smallest absolute Gasteiger partial charge is 0.305 e. The van der Waals surface area contributed by atoms with Gasteiger partial charge in [-0.2, -0.15) is 0 Å². The third kappa shape index (κ3) is 7.40. The molecule has 1 rings (SSSR count). The van der Waals surface area contributed by atoms with Gasteiger partial charge in [0, 0.05) is 12.3 Å². The first-order valence-corrected chi connectivity index (χ1v) is 7.28. The van der Waals surface area contributed by atoms with Crippen LogP contribution in [0.5, 0.6) is 0 Å². The van der Waals surface area contributed by atoms with Gasteiger partial charge in [0.15, 0.2) is 11.6 Å². The van der Waals surface area contributed by atoms with Crippen LogP contribution in [0.3, 0.4) is 0 Å². The van der Waals surface area contributed by atoms with Gasteiger partial charge in [0.2, 0.25) is 0 Å². The van der Waals surface area contributed by atoms with Crippen molar-refractivity contribution in [1.82, 2.24) is 0 Å². The second kappa shape index (κ2) is 9.86. The van der Waals surface area contributed by atoms with Gasteiger partial charge in [-0.05, 0) is 25.0 Å². The van der Waals surface area contributed by atoms with E-state index in [1.54, 1.807) is 30.4 Å². The molecule has 4 heteroatoms. The number of hydrogen-bond donors (Lipinski definition) is 0. The largest absolute Gasteiger partial charge is 0.469 e. The van der Waals surface area contributed by atoms with Gasteiger partial charge in [0.25, 0.3) is 0 Å². The molecule has 0 aromatic carbocycles. The fraction of sp³-hybridized carbons (Fsp3) is 0.471. The lowest BCUT2D eigenvalue weighted by Gasteiger charge is -2.01. The van der Waals surface area contributed by atoms with Gasteiger partial charge in [-0.3, -0.25) is 14.4 Å². The lowest BCUT2D eigenvalue weighted by molar-refractivity contribution is -0.141. The molecule has 0 radical (unpaired) electrons. The zero-order valence-electron chi connectivity index (χ0n) is 12.4. The van der Waals surface area contributed by atoms with E-state index in [-0.39, 0.29) is 36.3 Å². The third-order valence-electron chi connectivity index (χ3n) is 3.44. The van der Waals surface area contributed by atoms with E-state index in [4.69, 9.17) is 0 Å². The number of esters is 1. The number of methoxy groups -OCH3 is 1.